The van der Waals surface area contributed by atoms with E-state index in [1.165, 1.54) is 26.2 Å². The molecule has 1 aliphatic rings. The molecule has 1 unspecified atom stereocenters. The summed E-state index contributed by atoms with van der Waals surface area (Å²) in [5.74, 6) is -0.526. The van der Waals surface area contributed by atoms with Gasteiger partial charge in [-0.1, -0.05) is 12.1 Å². The van der Waals surface area contributed by atoms with Gasteiger partial charge in [-0.2, -0.15) is 0 Å². The number of pyridine rings is 1. The zero-order valence-electron chi connectivity index (χ0n) is 18.3. The molecule has 168 valence electrons. The second-order valence-corrected chi connectivity index (χ2v) is 7.23. The van der Waals surface area contributed by atoms with Crippen LogP contribution in [0.4, 0.5) is 5.69 Å². The van der Waals surface area contributed by atoms with E-state index in [0.717, 1.165) is 0 Å². The minimum Gasteiger partial charge on any atom is -0.507 e. The van der Waals surface area contributed by atoms with Crippen LogP contribution in [-0.2, 0) is 9.59 Å². The summed E-state index contributed by atoms with van der Waals surface area (Å²) in [5.41, 5.74) is 1.28. The van der Waals surface area contributed by atoms with Crippen LogP contribution in [0.2, 0.25) is 0 Å². The van der Waals surface area contributed by atoms with Crippen molar-refractivity contribution in [2.75, 3.05) is 26.2 Å². The van der Waals surface area contributed by atoms with Crippen molar-refractivity contribution in [3.8, 4) is 17.2 Å². The van der Waals surface area contributed by atoms with E-state index in [0.29, 0.717) is 34.1 Å². The molecule has 0 aliphatic carbocycles. The monoisotopic (exact) mass is 446 g/mol. The fourth-order valence-electron chi connectivity index (χ4n) is 3.85. The molecule has 0 spiro atoms. The van der Waals surface area contributed by atoms with E-state index in [9.17, 15) is 14.7 Å². The SMILES string of the molecule is COc1cccc(N2C(=O)C(=O)/C(=C(/O)c3ccc(OC)c(OC)c3)C2c2cccnc2)c1. The Kier molecular flexibility index (Phi) is 5.99. The average Bonchev–Trinajstić information content (AvgIpc) is 3.13. The molecule has 2 aromatic carbocycles. The van der Waals surface area contributed by atoms with Crippen molar-refractivity contribution in [1.82, 2.24) is 4.98 Å². The Bertz CT molecular complexity index is 1240. The fraction of sp³-hybridized carbons (Fsp3) is 0.160. The van der Waals surface area contributed by atoms with Crippen LogP contribution < -0.4 is 19.1 Å². The topological polar surface area (TPSA) is 98.2 Å². The lowest BCUT2D eigenvalue weighted by Gasteiger charge is -2.25. The van der Waals surface area contributed by atoms with Crippen molar-refractivity contribution in [2.24, 2.45) is 0 Å². The highest BCUT2D eigenvalue weighted by molar-refractivity contribution is 6.51. The minimum atomic E-state index is -0.890. The molecule has 3 aromatic rings. The number of amides is 1. The van der Waals surface area contributed by atoms with Gasteiger partial charge in [0.2, 0.25) is 0 Å². The first-order valence-corrected chi connectivity index (χ1v) is 10.1. The number of benzene rings is 2. The number of anilines is 1. The summed E-state index contributed by atoms with van der Waals surface area (Å²) in [6, 6.07) is 14.1. The van der Waals surface area contributed by atoms with Crippen molar-refractivity contribution < 1.29 is 28.9 Å². The summed E-state index contributed by atoms with van der Waals surface area (Å²) in [6.45, 7) is 0. The largest absolute Gasteiger partial charge is 0.507 e. The highest BCUT2D eigenvalue weighted by Crippen LogP contribution is 2.43. The standard InChI is InChI=1S/C25H22N2O6/c1-31-18-8-4-7-17(13-18)27-22(16-6-5-11-26-14-16)21(24(29)25(27)30)23(28)15-9-10-19(32-2)20(12-15)33-3/h4-14,22,28H,1-3H3/b23-21+. The van der Waals surface area contributed by atoms with Crippen LogP contribution in [0.1, 0.15) is 17.2 Å². The number of rotatable bonds is 6. The van der Waals surface area contributed by atoms with Crippen LogP contribution in [0, 0.1) is 0 Å². The van der Waals surface area contributed by atoms with Gasteiger partial charge in [-0.15, -0.1) is 0 Å². The Morgan fingerprint density at radius 2 is 1.73 bits per heavy atom. The maximum absolute atomic E-state index is 13.2. The molecule has 0 saturated carbocycles. The molecule has 8 heteroatoms. The van der Waals surface area contributed by atoms with E-state index in [-0.39, 0.29) is 11.3 Å². The molecule has 1 N–H and O–H groups in total. The molecular formula is C25H22N2O6. The summed E-state index contributed by atoms with van der Waals surface area (Å²) in [6.07, 6.45) is 3.15. The molecule has 1 fully saturated rings. The summed E-state index contributed by atoms with van der Waals surface area (Å²) in [5, 5.41) is 11.2. The number of ether oxygens (including phenoxy) is 3. The van der Waals surface area contributed by atoms with Gasteiger partial charge in [-0.25, -0.2) is 0 Å². The predicted molar refractivity (Wildman–Crippen MR) is 122 cm³/mol. The number of aliphatic hydroxyl groups is 1. The third-order valence-electron chi connectivity index (χ3n) is 5.43. The number of hydrogen-bond acceptors (Lipinski definition) is 7. The van der Waals surface area contributed by atoms with Gasteiger partial charge in [0.25, 0.3) is 11.7 Å². The van der Waals surface area contributed by atoms with E-state index in [4.69, 9.17) is 14.2 Å². The number of ketones is 1. The highest BCUT2D eigenvalue weighted by Gasteiger charge is 2.47. The van der Waals surface area contributed by atoms with Crippen molar-refractivity contribution in [3.63, 3.8) is 0 Å². The maximum Gasteiger partial charge on any atom is 0.300 e. The van der Waals surface area contributed by atoms with Crippen molar-refractivity contribution in [3.05, 3.63) is 83.7 Å². The second kappa shape index (κ2) is 9.04. The Labute approximate surface area is 190 Å². The van der Waals surface area contributed by atoms with Gasteiger partial charge >= 0.3 is 0 Å². The maximum atomic E-state index is 13.2. The van der Waals surface area contributed by atoms with Crippen LogP contribution in [-0.4, -0.2) is 43.1 Å². The number of nitrogens with zero attached hydrogens (tertiary/aromatic N) is 2. The summed E-state index contributed by atoms with van der Waals surface area (Å²) < 4.78 is 15.9. The minimum absolute atomic E-state index is 0.0527. The van der Waals surface area contributed by atoms with Crippen LogP contribution in [0.5, 0.6) is 17.2 Å². The Hall–Kier alpha value is -4.33. The fourth-order valence-corrected chi connectivity index (χ4v) is 3.85. The van der Waals surface area contributed by atoms with Crippen LogP contribution in [0.15, 0.2) is 72.6 Å². The van der Waals surface area contributed by atoms with E-state index in [2.05, 4.69) is 4.98 Å². The zero-order valence-corrected chi connectivity index (χ0v) is 18.3. The lowest BCUT2D eigenvalue weighted by Crippen LogP contribution is -2.29. The third-order valence-corrected chi connectivity index (χ3v) is 5.43. The van der Waals surface area contributed by atoms with Gasteiger partial charge in [0.15, 0.2) is 11.5 Å². The Morgan fingerprint density at radius 3 is 2.39 bits per heavy atom. The predicted octanol–water partition coefficient (Wildman–Crippen LogP) is 3.73. The highest BCUT2D eigenvalue weighted by atomic mass is 16.5. The number of Topliss-reactive ketones (excluding diaryl/α,β-unsaturated/α-hetero) is 1. The first-order valence-electron chi connectivity index (χ1n) is 10.1. The summed E-state index contributed by atoms with van der Waals surface area (Å²) in [7, 11) is 4.49. The number of aromatic nitrogens is 1. The van der Waals surface area contributed by atoms with E-state index in [1.807, 2.05) is 0 Å². The lowest BCUT2D eigenvalue weighted by atomic mass is 9.96. The number of carbonyl (C=O) groups excluding carboxylic acids is 2. The number of hydrogen-bond donors (Lipinski definition) is 1. The molecule has 8 nitrogen and oxygen atoms in total. The van der Waals surface area contributed by atoms with Crippen molar-refractivity contribution >= 4 is 23.1 Å². The average molecular weight is 446 g/mol. The van der Waals surface area contributed by atoms with E-state index >= 15 is 0 Å². The van der Waals surface area contributed by atoms with Gasteiger partial charge in [0.05, 0.1) is 32.9 Å². The lowest BCUT2D eigenvalue weighted by molar-refractivity contribution is -0.132. The van der Waals surface area contributed by atoms with E-state index < -0.39 is 17.7 Å². The third kappa shape index (κ3) is 3.87. The van der Waals surface area contributed by atoms with E-state index in [1.54, 1.807) is 67.0 Å². The van der Waals surface area contributed by atoms with Gasteiger partial charge in [0.1, 0.15) is 11.5 Å². The van der Waals surface area contributed by atoms with Gasteiger partial charge in [-0.05, 0) is 42.0 Å². The molecule has 1 aromatic heterocycles. The molecule has 4 rings (SSSR count). The number of carbonyl (C=O) groups is 2. The smallest absolute Gasteiger partial charge is 0.300 e. The Balaban J connectivity index is 1.93. The Morgan fingerprint density at radius 1 is 0.939 bits per heavy atom. The molecular weight excluding hydrogens is 424 g/mol. The normalized spacial score (nSPS) is 17.2. The molecule has 1 amide bonds. The van der Waals surface area contributed by atoms with Crippen molar-refractivity contribution in [1.29, 1.82) is 0 Å². The zero-order chi connectivity index (χ0) is 23.5. The molecule has 1 atom stereocenters. The van der Waals surface area contributed by atoms with Crippen molar-refractivity contribution in [2.45, 2.75) is 6.04 Å². The van der Waals surface area contributed by atoms with Gasteiger partial charge in [0, 0.05) is 29.7 Å². The van der Waals surface area contributed by atoms with Crippen LogP contribution in [0.3, 0.4) is 0 Å². The quantitative estimate of drug-likeness (QED) is 0.350. The van der Waals surface area contributed by atoms with Gasteiger partial charge < -0.3 is 19.3 Å². The molecule has 1 saturated heterocycles. The first-order chi connectivity index (χ1) is 16.0. The molecule has 0 radical (unpaired) electrons. The number of aliphatic hydroxyl groups excluding tert-OH is 1. The summed E-state index contributed by atoms with van der Waals surface area (Å²) >= 11 is 0. The van der Waals surface area contributed by atoms with Gasteiger partial charge in [-0.3, -0.25) is 19.5 Å². The van der Waals surface area contributed by atoms with Crippen LogP contribution in [0.25, 0.3) is 5.76 Å². The first kappa shape index (κ1) is 21.9. The number of methoxy groups -OCH3 is 3. The summed E-state index contributed by atoms with van der Waals surface area (Å²) in [4.78, 5) is 31.9. The molecule has 0 bridgehead atoms. The second-order valence-electron chi connectivity index (χ2n) is 7.23. The molecule has 1 aliphatic heterocycles. The van der Waals surface area contributed by atoms with Crippen LogP contribution >= 0.6 is 0 Å². The molecule has 2 heterocycles. The molecule has 33 heavy (non-hydrogen) atoms.